The van der Waals surface area contributed by atoms with Crippen LogP contribution < -0.4 is 5.32 Å². The molecule has 0 aromatic heterocycles. The quantitative estimate of drug-likeness (QED) is 0.835. The van der Waals surface area contributed by atoms with Crippen LogP contribution >= 0.6 is 23.4 Å². The Labute approximate surface area is 110 Å². The minimum absolute atomic E-state index is 0.135. The number of hydrogen-bond donors (Lipinski definition) is 1. The summed E-state index contributed by atoms with van der Waals surface area (Å²) in [6.07, 6.45) is 0. The molecule has 2 nitrogen and oxygen atoms in total. The van der Waals surface area contributed by atoms with Gasteiger partial charge in [-0.25, -0.2) is 4.39 Å². The Bertz CT molecular complexity index is 450. The van der Waals surface area contributed by atoms with Gasteiger partial charge in [0.25, 0.3) is 0 Å². The van der Waals surface area contributed by atoms with Crippen molar-refractivity contribution in [3.63, 3.8) is 0 Å². The second kappa shape index (κ2) is 5.27. The second-order valence-electron chi connectivity index (χ2n) is 4.22. The van der Waals surface area contributed by atoms with E-state index in [4.69, 9.17) is 11.6 Å². The van der Waals surface area contributed by atoms with Crippen LogP contribution in [0, 0.1) is 11.7 Å². The van der Waals surface area contributed by atoms with Crippen LogP contribution in [0.15, 0.2) is 23.2 Å². The standard InChI is InChI=1S/C12H14ClFN2S/c1-7-6-17-12(15-8(7)2)16-9-3-4-10(13)11(14)5-9/h3-5,7-8H,6H2,1-2H3,(H,15,16). The first-order valence-electron chi connectivity index (χ1n) is 5.49. The maximum absolute atomic E-state index is 13.3. The van der Waals surface area contributed by atoms with Crippen LogP contribution in [0.1, 0.15) is 13.8 Å². The molecule has 1 N–H and O–H groups in total. The van der Waals surface area contributed by atoms with Crippen molar-refractivity contribution in [2.75, 3.05) is 11.1 Å². The normalized spacial score (nSPS) is 24.4. The van der Waals surface area contributed by atoms with Crippen molar-refractivity contribution in [1.82, 2.24) is 0 Å². The van der Waals surface area contributed by atoms with Crippen LogP contribution in [0.5, 0.6) is 0 Å². The summed E-state index contributed by atoms with van der Waals surface area (Å²) in [6, 6.07) is 4.97. The fraction of sp³-hybridized carbons (Fsp3) is 0.417. The Balaban J connectivity index is 2.11. The average Bonchev–Trinajstić information content (AvgIpc) is 2.29. The largest absolute Gasteiger partial charge is 0.335 e. The van der Waals surface area contributed by atoms with E-state index in [0.29, 0.717) is 17.6 Å². The predicted molar refractivity (Wildman–Crippen MR) is 73.6 cm³/mol. The van der Waals surface area contributed by atoms with Gasteiger partial charge in [-0.05, 0) is 31.0 Å². The van der Waals surface area contributed by atoms with Crippen molar-refractivity contribution in [2.45, 2.75) is 19.9 Å². The van der Waals surface area contributed by atoms with Gasteiger partial charge in [-0.1, -0.05) is 30.3 Å². The summed E-state index contributed by atoms with van der Waals surface area (Å²) in [5, 5.41) is 4.09. The van der Waals surface area contributed by atoms with Gasteiger partial charge >= 0.3 is 0 Å². The number of nitrogens with zero attached hydrogens (tertiary/aromatic N) is 1. The summed E-state index contributed by atoms with van der Waals surface area (Å²) in [4.78, 5) is 4.52. The van der Waals surface area contributed by atoms with E-state index in [2.05, 4.69) is 24.2 Å². The summed E-state index contributed by atoms with van der Waals surface area (Å²) < 4.78 is 13.3. The molecule has 1 aromatic rings. The Morgan fingerprint density at radius 2 is 2.24 bits per heavy atom. The highest BCUT2D eigenvalue weighted by molar-refractivity contribution is 8.14. The number of hydrogen-bond acceptors (Lipinski definition) is 3. The van der Waals surface area contributed by atoms with Gasteiger partial charge in [-0.2, -0.15) is 0 Å². The molecule has 2 rings (SSSR count). The number of nitrogens with one attached hydrogen (secondary N) is 1. The van der Waals surface area contributed by atoms with E-state index in [9.17, 15) is 4.39 Å². The van der Waals surface area contributed by atoms with Crippen LogP contribution in [0.2, 0.25) is 5.02 Å². The number of rotatable bonds is 1. The van der Waals surface area contributed by atoms with Crippen molar-refractivity contribution in [2.24, 2.45) is 10.9 Å². The highest BCUT2D eigenvalue weighted by Crippen LogP contribution is 2.25. The molecule has 0 fully saturated rings. The molecule has 1 heterocycles. The Hall–Kier alpha value is -0.740. The average molecular weight is 273 g/mol. The van der Waals surface area contributed by atoms with Gasteiger partial charge in [0.2, 0.25) is 0 Å². The van der Waals surface area contributed by atoms with E-state index in [1.54, 1.807) is 23.9 Å². The predicted octanol–water partition coefficient (Wildman–Crippen LogP) is 4.02. The van der Waals surface area contributed by atoms with Gasteiger partial charge < -0.3 is 5.32 Å². The van der Waals surface area contributed by atoms with E-state index in [1.807, 2.05) is 0 Å². The van der Waals surface area contributed by atoms with Crippen LogP contribution in [0.25, 0.3) is 0 Å². The van der Waals surface area contributed by atoms with Crippen LogP contribution in [0.3, 0.4) is 0 Å². The van der Waals surface area contributed by atoms with Gasteiger partial charge in [0.15, 0.2) is 5.17 Å². The van der Waals surface area contributed by atoms with Gasteiger partial charge in [0.05, 0.1) is 11.1 Å². The number of thioether (sulfide) groups is 1. The molecule has 0 aliphatic carbocycles. The van der Waals surface area contributed by atoms with Crippen molar-refractivity contribution >= 4 is 34.2 Å². The third-order valence-electron chi connectivity index (χ3n) is 2.80. The first-order chi connectivity index (χ1) is 8.06. The zero-order valence-electron chi connectivity index (χ0n) is 9.71. The summed E-state index contributed by atoms with van der Waals surface area (Å²) >= 11 is 7.29. The molecule has 2 unspecified atom stereocenters. The molecule has 0 amide bonds. The van der Waals surface area contributed by atoms with E-state index >= 15 is 0 Å². The van der Waals surface area contributed by atoms with Crippen molar-refractivity contribution in [3.05, 3.63) is 29.0 Å². The van der Waals surface area contributed by atoms with Crippen molar-refractivity contribution in [3.8, 4) is 0 Å². The van der Waals surface area contributed by atoms with Crippen molar-refractivity contribution in [1.29, 1.82) is 0 Å². The summed E-state index contributed by atoms with van der Waals surface area (Å²) in [5.41, 5.74) is 0.680. The maximum Gasteiger partial charge on any atom is 0.161 e. The Kier molecular flexibility index (Phi) is 3.94. The van der Waals surface area contributed by atoms with Gasteiger partial charge in [0, 0.05) is 11.4 Å². The van der Waals surface area contributed by atoms with Gasteiger partial charge in [-0.15, -0.1) is 0 Å². The lowest BCUT2D eigenvalue weighted by Gasteiger charge is -2.23. The molecule has 0 spiro atoms. The molecule has 0 saturated heterocycles. The Morgan fingerprint density at radius 3 is 2.88 bits per heavy atom. The molecule has 5 heteroatoms. The zero-order valence-corrected chi connectivity index (χ0v) is 11.3. The maximum atomic E-state index is 13.3. The molecule has 17 heavy (non-hydrogen) atoms. The van der Waals surface area contributed by atoms with Gasteiger partial charge in [-0.3, -0.25) is 4.99 Å². The van der Waals surface area contributed by atoms with Crippen LogP contribution in [-0.4, -0.2) is 17.0 Å². The molecule has 2 atom stereocenters. The molecule has 0 saturated carbocycles. The minimum Gasteiger partial charge on any atom is -0.335 e. The number of amidine groups is 1. The number of anilines is 1. The summed E-state index contributed by atoms with van der Waals surface area (Å²) in [7, 11) is 0. The second-order valence-corrected chi connectivity index (χ2v) is 5.63. The lowest BCUT2D eigenvalue weighted by Crippen LogP contribution is -2.25. The Morgan fingerprint density at radius 1 is 1.47 bits per heavy atom. The molecule has 0 radical (unpaired) electrons. The lowest BCUT2D eigenvalue weighted by molar-refractivity contribution is 0.537. The topological polar surface area (TPSA) is 24.4 Å². The molecule has 1 aliphatic rings. The smallest absolute Gasteiger partial charge is 0.161 e. The highest BCUT2D eigenvalue weighted by Gasteiger charge is 2.19. The van der Waals surface area contributed by atoms with E-state index < -0.39 is 5.82 Å². The van der Waals surface area contributed by atoms with Gasteiger partial charge in [0.1, 0.15) is 5.82 Å². The summed E-state index contributed by atoms with van der Waals surface area (Å²) in [6.45, 7) is 4.27. The molecule has 1 aliphatic heterocycles. The van der Waals surface area contributed by atoms with Crippen LogP contribution in [0.4, 0.5) is 10.1 Å². The third kappa shape index (κ3) is 3.13. The molecule has 1 aromatic carbocycles. The molecule has 92 valence electrons. The molecule has 0 bridgehead atoms. The summed E-state index contributed by atoms with van der Waals surface area (Å²) in [5.74, 6) is 1.19. The highest BCUT2D eigenvalue weighted by atomic mass is 35.5. The van der Waals surface area contributed by atoms with Crippen LogP contribution in [-0.2, 0) is 0 Å². The first kappa shape index (κ1) is 12.7. The fourth-order valence-corrected chi connectivity index (χ4v) is 2.71. The monoisotopic (exact) mass is 272 g/mol. The van der Waals surface area contributed by atoms with E-state index in [1.165, 1.54) is 6.07 Å². The fourth-order valence-electron chi connectivity index (χ4n) is 1.46. The molecular formula is C12H14ClFN2S. The number of benzene rings is 1. The first-order valence-corrected chi connectivity index (χ1v) is 6.85. The lowest BCUT2D eigenvalue weighted by atomic mass is 10.1. The third-order valence-corrected chi connectivity index (χ3v) is 4.28. The van der Waals surface area contributed by atoms with E-state index in [0.717, 1.165) is 10.9 Å². The number of aliphatic imine (C=N–C) groups is 1. The SMILES string of the molecule is CC1CSC(Nc2ccc(Cl)c(F)c2)=NC1C. The number of halogens is 2. The van der Waals surface area contributed by atoms with E-state index in [-0.39, 0.29) is 5.02 Å². The zero-order chi connectivity index (χ0) is 12.4. The molecular weight excluding hydrogens is 259 g/mol. The van der Waals surface area contributed by atoms with Crippen molar-refractivity contribution < 1.29 is 4.39 Å². The minimum atomic E-state index is -0.417.